The van der Waals surface area contributed by atoms with Crippen LogP contribution in [0, 0.1) is 5.41 Å². The summed E-state index contributed by atoms with van der Waals surface area (Å²) in [5.74, 6) is -2.91. The second kappa shape index (κ2) is 11.8. The molecule has 23 heavy (non-hydrogen) atoms. The predicted molar refractivity (Wildman–Crippen MR) is 77.3 cm³/mol. The van der Waals surface area contributed by atoms with Crippen molar-refractivity contribution in [3.63, 3.8) is 0 Å². The lowest BCUT2D eigenvalue weighted by Crippen LogP contribution is -2.35. The van der Waals surface area contributed by atoms with Crippen LogP contribution in [0.15, 0.2) is 0 Å². The summed E-state index contributed by atoms with van der Waals surface area (Å²) in [7, 11) is 0. The Bertz CT molecular complexity index is 325. The molecular weight excluding hydrogens is 312 g/mol. The molecule has 0 bridgehead atoms. The van der Waals surface area contributed by atoms with Crippen LogP contribution in [0.5, 0.6) is 0 Å². The first kappa shape index (κ1) is 21.3. The molecule has 0 aromatic carbocycles. The first-order chi connectivity index (χ1) is 10.7. The van der Waals surface area contributed by atoms with Gasteiger partial charge in [0.2, 0.25) is 0 Å². The third-order valence-corrected chi connectivity index (χ3v) is 2.73. The quantitative estimate of drug-likeness (QED) is 0.364. The number of carboxylic acid groups (broad SMARTS) is 3. The molecule has 0 aliphatic heterocycles. The average molecular weight is 336 g/mol. The van der Waals surface area contributed by atoms with Gasteiger partial charge in [0.15, 0.2) is 0 Å². The van der Waals surface area contributed by atoms with E-state index in [0.29, 0.717) is 0 Å². The number of ether oxygens (including phenoxy) is 3. The Labute approximate surface area is 134 Å². The minimum atomic E-state index is -0.970. The van der Waals surface area contributed by atoms with Crippen LogP contribution in [0.3, 0.4) is 0 Å². The van der Waals surface area contributed by atoms with E-state index >= 15 is 0 Å². The number of carbonyl (C=O) groups is 3. The summed E-state index contributed by atoms with van der Waals surface area (Å²) in [6.45, 7) is 2.34. The van der Waals surface area contributed by atoms with E-state index in [1.54, 1.807) is 6.92 Å². The Morgan fingerprint density at radius 2 is 0.957 bits per heavy atom. The van der Waals surface area contributed by atoms with Crippen LogP contribution < -0.4 is 0 Å². The Hall–Kier alpha value is -1.71. The molecule has 134 valence electrons. The Balaban J connectivity index is 4.23. The van der Waals surface area contributed by atoms with Crippen molar-refractivity contribution in [2.75, 3.05) is 39.6 Å². The van der Waals surface area contributed by atoms with Gasteiger partial charge in [0.25, 0.3) is 0 Å². The van der Waals surface area contributed by atoms with E-state index in [9.17, 15) is 14.4 Å². The lowest BCUT2D eigenvalue weighted by atomic mass is 9.94. The molecule has 0 radical (unpaired) electrons. The lowest BCUT2D eigenvalue weighted by Gasteiger charge is -2.28. The normalized spacial score (nSPS) is 11.3. The molecule has 0 fully saturated rings. The molecule has 0 rings (SSSR count). The van der Waals surface area contributed by atoms with E-state index < -0.39 is 23.3 Å². The zero-order valence-electron chi connectivity index (χ0n) is 13.2. The first-order valence-electron chi connectivity index (χ1n) is 7.14. The number of aliphatic carboxylic acids is 3. The number of carboxylic acids is 3. The Kier molecular flexibility index (Phi) is 10.9. The SMILES string of the molecule is CC(COCCC(=O)O)(COCCC(=O)O)COCCC(=O)O. The van der Waals surface area contributed by atoms with Crippen LogP contribution in [0.1, 0.15) is 26.2 Å². The zero-order chi connectivity index (χ0) is 17.7. The summed E-state index contributed by atoms with van der Waals surface area (Å²) >= 11 is 0. The van der Waals surface area contributed by atoms with Crippen molar-refractivity contribution in [1.82, 2.24) is 0 Å². The maximum atomic E-state index is 10.4. The van der Waals surface area contributed by atoms with Crippen molar-refractivity contribution in [1.29, 1.82) is 0 Å². The van der Waals surface area contributed by atoms with Crippen LogP contribution in [0.25, 0.3) is 0 Å². The highest BCUT2D eigenvalue weighted by molar-refractivity contribution is 5.67. The van der Waals surface area contributed by atoms with Crippen LogP contribution in [-0.2, 0) is 28.6 Å². The molecule has 0 aliphatic carbocycles. The monoisotopic (exact) mass is 336 g/mol. The number of rotatable bonds is 15. The van der Waals surface area contributed by atoms with Gasteiger partial charge in [-0.3, -0.25) is 14.4 Å². The fourth-order valence-electron chi connectivity index (χ4n) is 1.56. The van der Waals surface area contributed by atoms with Gasteiger partial charge in [-0.1, -0.05) is 6.92 Å². The molecule has 0 aromatic rings. The first-order valence-corrected chi connectivity index (χ1v) is 7.14. The second-order valence-corrected chi connectivity index (χ2v) is 5.40. The summed E-state index contributed by atoms with van der Waals surface area (Å²) in [6, 6.07) is 0. The summed E-state index contributed by atoms with van der Waals surface area (Å²) in [6.07, 6.45) is -0.387. The highest BCUT2D eigenvalue weighted by Crippen LogP contribution is 2.19. The minimum Gasteiger partial charge on any atom is -0.481 e. The topological polar surface area (TPSA) is 140 Å². The number of hydrogen-bond acceptors (Lipinski definition) is 6. The summed E-state index contributed by atoms with van der Waals surface area (Å²) in [5, 5.41) is 25.7. The average Bonchev–Trinajstić information content (AvgIpc) is 2.44. The largest absolute Gasteiger partial charge is 0.481 e. The highest BCUT2D eigenvalue weighted by Gasteiger charge is 2.26. The third-order valence-electron chi connectivity index (χ3n) is 2.73. The van der Waals surface area contributed by atoms with Gasteiger partial charge in [-0.15, -0.1) is 0 Å². The van der Waals surface area contributed by atoms with Gasteiger partial charge in [-0.05, 0) is 0 Å². The Morgan fingerprint density at radius 1 is 0.696 bits per heavy atom. The molecule has 0 unspecified atom stereocenters. The summed E-state index contributed by atoms with van der Waals surface area (Å²) in [5.41, 5.74) is -0.629. The molecule has 0 amide bonds. The number of hydrogen-bond donors (Lipinski definition) is 3. The summed E-state index contributed by atoms with van der Waals surface area (Å²) in [4.78, 5) is 31.3. The molecule has 0 aromatic heterocycles. The van der Waals surface area contributed by atoms with Crippen LogP contribution in [-0.4, -0.2) is 72.9 Å². The van der Waals surface area contributed by atoms with E-state index in [-0.39, 0.29) is 58.9 Å². The van der Waals surface area contributed by atoms with Gasteiger partial charge >= 0.3 is 17.9 Å². The van der Waals surface area contributed by atoms with Crippen LogP contribution in [0.4, 0.5) is 0 Å². The smallest absolute Gasteiger partial charge is 0.305 e. The van der Waals surface area contributed by atoms with Crippen LogP contribution in [0.2, 0.25) is 0 Å². The van der Waals surface area contributed by atoms with Gasteiger partial charge in [-0.2, -0.15) is 0 Å². The van der Waals surface area contributed by atoms with Crippen molar-refractivity contribution >= 4 is 17.9 Å². The fraction of sp³-hybridized carbons (Fsp3) is 0.786. The maximum absolute atomic E-state index is 10.4. The molecule has 9 heteroatoms. The lowest BCUT2D eigenvalue weighted by molar-refractivity contribution is -0.139. The molecule has 0 aliphatic rings. The van der Waals surface area contributed by atoms with Crippen molar-refractivity contribution in [2.45, 2.75) is 26.2 Å². The standard InChI is InChI=1S/C14H24O9/c1-14(8-21-5-2-11(15)16,9-22-6-3-12(17)18)10-23-7-4-13(19)20/h2-10H2,1H3,(H,15,16)(H,17,18)(H,19,20). The molecular formula is C14H24O9. The maximum Gasteiger partial charge on any atom is 0.305 e. The van der Waals surface area contributed by atoms with E-state index in [1.165, 1.54) is 0 Å². The van der Waals surface area contributed by atoms with E-state index in [4.69, 9.17) is 29.5 Å². The summed E-state index contributed by atoms with van der Waals surface area (Å²) < 4.78 is 15.9. The highest BCUT2D eigenvalue weighted by atomic mass is 16.5. The molecule has 0 saturated carbocycles. The van der Waals surface area contributed by atoms with Gasteiger partial charge in [0, 0.05) is 5.41 Å². The molecule has 0 spiro atoms. The van der Waals surface area contributed by atoms with E-state index in [2.05, 4.69) is 0 Å². The second-order valence-electron chi connectivity index (χ2n) is 5.40. The molecule has 9 nitrogen and oxygen atoms in total. The van der Waals surface area contributed by atoms with Gasteiger partial charge in [0.05, 0.1) is 58.9 Å². The zero-order valence-corrected chi connectivity index (χ0v) is 13.2. The Morgan fingerprint density at radius 3 is 1.17 bits per heavy atom. The predicted octanol–water partition coefficient (Wildman–Crippen LogP) is 0.467. The molecule has 3 N–H and O–H groups in total. The van der Waals surface area contributed by atoms with Crippen molar-refractivity contribution < 1.29 is 43.9 Å². The van der Waals surface area contributed by atoms with E-state index in [0.717, 1.165) is 0 Å². The fourth-order valence-corrected chi connectivity index (χ4v) is 1.56. The molecule has 0 atom stereocenters. The minimum absolute atomic E-state index is 0.0369. The molecule has 0 saturated heterocycles. The van der Waals surface area contributed by atoms with Crippen molar-refractivity contribution in [3.8, 4) is 0 Å². The van der Waals surface area contributed by atoms with Gasteiger partial charge in [0.1, 0.15) is 0 Å². The molecule has 0 heterocycles. The van der Waals surface area contributed by atoms with Gasteiger partial charge < -0.3 is 29.5 Å². The van der Waals surface area contributed by atoms with Gasteiger partial charge in [-0.25, -0.2) is 0 Å². The van der Waals surface area contributed by atoms with E-state index in [1.807, 2.05) is 0 Å². The van der Waals surface area contributed by atoms with Crippen molar-refractivity contribution in [2.24, 2.45) is 5.41 Å². The van der Waals surface area contributed by atoms with Crippen LogP contribution >= 0.6 is 0 Å². The third kappa shape index (κ3) is 13.7. The van der Waals surface area contributed by atoms with Crippen molar-refractivity contribution in [3.05, 3.63) is 0 Å².